The van der Waals surface area contributed by atoms with Gasteiger partial charge in [-0.05, 0) is 31.9 Å². The van der Waals surface area contributed by atoms with Gasteiger partial charge in [0.15, 0.2) is 6.10 Å². The molecule has 0 aromatic carbocycles. The van der Waals surface area contributed by atoms with Gasteiger partial charge in [0.05, 0.1) is 12.1 Å². The number of ether oxygens (including phenoxy) is 1. The Morgan fingerprint density at radius 3 is 2.88 bits per heavy atom. The van der Waals surface area contributed by atoms with E-state index in [0.717, 1.165) is 12.8 Å². The fourth-order valence-corrected chi connectivity index (χ4v) is 2.66. The largest absolute Gasteiger partial charge is 0.479 e. The van der Waals surface area contributed by atoms with Crippen LogP contribution in [0.3, 0.4) is 0 Å². The standard InChI is InChI=1S/C16H24N4O3.2ClH/c1-12(23-14-5-2-7-18-10-14)16(22)20-9-3-4-13(11-20)15(21)19-8-6-17;;/h2,5,7,10,12-13H,3-4,6,8-9,11,17H2,1H3,(H,19,21);2*1H. The maximum Gasteiger partial charge on any atom is 0.263 e. The second kappa shape index (κ2) is 11.9. The minimum atomic E-state index is -0.606. The number of hydrogen-bond acceptors (Lipinski definition) is 5. The molecule has 0 saturated carbocycles. The van der Waals surface area contributed by atoms with E-state index in [4.69, 9.17) is 10.5 Å². The summed E-state index contributed by atoms with van der Waals surface area (Å²) < 4.78 is 5.62. The number of likely N-dealkylation sites (tertiary alicyclic amines) is 1. The van der Waals surface area contributed by atoms with Crippen molar-refractivity contribution in [3.05, 3.63) is 24.5 Å². The second-order valence-corrected chi connectivity index (χ2v) is 5.65. The number of nitrogens with one attached hydrogen (secondary N) is 1. The highest BCUT2D eigenvalue weighted by molar-refractivity contribution is 5.85. The van der Waals surface area contributed by atoms with Crippen LogP contribution < -0.4 is 15.8 Å². The van der Waals surface area contributed by atoms with Crippen LogP contribution in [0.1, 0.15) is 19.8 Å². The Hall–Kier alpha value is -1.57. The Bertz CT molecular complexity index is 533. The van der Waals surface area contributed by atoms with E-state index in [1.165, 1.54) is 0 Å². The predicted octanol–water partition coefficient (Wildman–Crippen LogP) is 1.01. The van der Waals surface area contributed by atoms with Gasteiger partial charge in [-0.25, -0.2) is 0 Å². The number of nitrogens with two attached hydrogens (primary N) is 1. The summed E-state index contributed by atoms with van der Waals surface area (Å²) in [5, 5.41) is 2.79. The van der Waals surface area contributed by atoms with Gasteiger partial charge in [0.2, 0.25) is 5.91 Å². The molecule has 1 saturated heterocycles. The molecule has 1 aromatic rings. The summed E-state index contributed by atoms with van der Waals surface area (Å²) in [5.74, 6) is 0.242. The molecule has 1 aliphatic heterocycles. The van der Waals surface area contributed by atoms with Gasteiger partial charge in [0, 0.05) is 32.4 Å². The van der Waals surface area contributed by atoms with Crippen molar-refractivity contribution in [1.29, 1.82) is 0 Å². The van der Waals surface area contributed by atoms with Crippen LogP contribution in [0.25, 0.3) is 0 Å². The molecule has 2 rings (SSSR count). The predicted molar refractivity (Wildman–Crippen MR) is 100 cm³/mol. The second-order valence-electron chi connectivity index (χ2n) is 5.65. The van der Waals surface area contributed by atoms with E-state index in [2.05, 4.69) is 10.3 Å². The average Bonchev–Trinajstić information content (AvgIpc) is 2.60. The Labute approximate surface area is 160 Å². The first-order chi connectivity index (χ1) is 11.1. The summed E-state index contributed by atoms with van der Waals surface area (Å²) in [6.45, 7) is 3.67. The van der Waals surface area contributed by atoms with E-state index in [9.17, 15) is 9.59 Å². The number of nitrogens with zero attached hydrogens (tertiary/aromatic N) is 2. The molecule has 1 aliphatic rings. The number of pyridine rings is 1. The fraction of sp³-hybridized carbons (Fsp3) is 0.562. The summed E-state index contributed by atoms with van der Waals surface area (Å²) >= 11 is 0. The van der Waals surface area contributed by atoms with E-state index in [0.29, 0.717) is 31.9 Å². The van der Waals surface area contributed by atoms with Crippen LogP contribution in [-0.4, -0.2) is 54.0 Å². The van der Waals surface area contributed by atoms with Crippen LogP contribution in [0, 0.1) is 5.92 Å². The number of piperidine rings is 1. The highest BCUT2D eigenvalue weighted by Gasteiger charge is 2.30. The SMILES string of the molecule is CC(Oc1cccnc1)C(=O)N1CCCC(C(=O)NCCN)C1.Cl.Cl. The zero-order valence-corrected chi connectivity index (χ0v) is 15.9. The average molecular weight is 393 g/mol. The number of halogens is 2. The summed E-state index contributed by atoms with van der Waals surface area (Å²) in [6.07, 6.45) is 4.21. The van der Waals surface area contributed by atoms with Crippen molar-refractivity contribution >= 4 is 36.6 Å². The molecule has 25 heavy (non-hydrogen) atoms. The number of amides is 2. The summed E-state index contributed by atoms with van der Waals surface area (Å²) in [6, 6.07) is 3.52. The van der Waals surface area contributed by atoms with Gasteiger partial charge in [-0.2, -0.15) is 0 Å². The quantitative estimate of drug-likeness (QED) is 0.752. The molecule has 142 valence electrons. The van der Waals surface area contributed by atoms with Crippen LogP contribution in [0.5, 0.6) is 5.75 Å². The molecule has 0 spiro atoms. The molecule has 2 heterocycles. The van der Waals surface area contributed by atoms with E-state index in [-0.39, 0.29) is 42.5 Å². The molecule has 1 aromatic heterocycles. The van der Waals surface area contributed by atoms with Gasteiger partial charge >= 0.3 is 0 Å². The topological polar surface area (TPSA) is 97.5 Å². The third-order valence-electron chi connectivity index (χ3n) is 3.84. The minimum Gasteiger partial charge on any atom is -0.479 e. The Balaban J connectivity index is 0.00000288. The van der Waals surface area contributed by atoms with E-state index >= 15 is 0 Å². The Morgan fingerprint density at radius 1 is 1.48 bits per heavy atom. The molecular weight excluding hydrogens is 367 g/mol. The highest BCUT2D eigenvalue weighted by atomic mass is 35.5. The first-order valence-corrected chi connectivity index (χ1v) is 7.95. The Morgan fingerprint density at radius 2 is 2.24 bits per heavy atom. The third-order valence-corrected chi connectivity index (χ3v) is 3.84. The highest BCUT2D eigenvalue weighted by Crippen LogP contribution is 2.19. The molecule has 1 fully saturated rings. The number of rotatable bonds is 6. The number of carbonyl (C=O) groups excluding carboxylic acids is 2. The fourth-order valence-electron chi connectivity index (χ4n) is 2.66. The van der Waals surface area contributed by atoms with Crippen molar-refractivity contribution in [2.24, 2.45) is 11.7 Å². The van der Waals surface area contributed by atoms with Gasteiger partial charge in [0.1, 0.15) is 5.75 Å². The lowest BCUT2D eigenvalue weighted by atomic mass is 9.96. The van der Waals surface area contributed by atoms with Gasteiger partial charge in [0.25, 0.3) is 5.91 Å². The molecule has 0 aliphatic carbocycles. The van der Waals surface area contributed by atoms with Crippen LogP contribution in [0.2, 0.25) is 0 Å². The molecule has 0 radical (unpaired) electrons. The molecular formula is C16H26Cl2N4O3. The molecule has 2 unspecified atom stereocenters. The van der Waals surface area contributed by atoms with Crippen LogP contribution in [0.4, 0.5) is 0 Å². The summed E-state index contributed by atoms with van der Waals surface area (Å²) in [7, 11) is 0. The van der Waals surface area contributed by atoms with Crippen molar-refractivity contribution in [1.82, 2.24) is 15.2 Å². The van der Waals surface area contributed by atoms with Crippen molar-refractivity contribution in [3.8, 4) is 5.75 Å². The summed E-state index contributed by atoms with van der Waals surface area (Å²) in [5.41, 5.74) is 5.39. The van der Waals surface area contributed by atoms with Crippen LogP contribution in [0.15, 0.2) is 24.5 Å². The zero-order valence-electron chi connectivity index (χ0n) is 14.2. The lowest BCUT2D eigenvalue weighted by Crippen LogP contribution is -2.49. The maximum absolute atomic E-state index is 12.5. The molecule has 2 amide bonds. The lowest BCUT2D eigenvalue weighted by molar-refractivity contribution is -0.141. The van der Waals surface area contributed by atoms with Gasteiger partial charge in [-0.1, -0.05) is 0 Å². The monoisotopic (exact) mass is 392 g/mol. The van der Waals surface area contributed by atoms with Crippen molar-refractivity contribution < 1.29 is 14.3 Å². The zero-order chi connectivity index (χ0) is 16.7. The van der Waals surface area contributed by atoms with Crippen molar-refractivity contribution in [3.63, 3.8) is 0 Å². The van der Waals surface area contributed by atoms with Gasteiger partial charge < -0.3 is 20.7 Å². The van der Waals surface area contributed by atoms with Crippen LogP contribution >= 0.6 is 24.8 Å². The van der Waals surface area contributed by atoms with Gasteiger partial charge in [-0.15, -0.1) is 24.8 Å². The van der Waals surface area contributed by atoms with Crippen molar-refractivity contribution in [2.75, 3.05) is 26.2 Å². The molecule has 7 nitrogen and oxygen atoms in total. The molecule has 0 bridgehead atoms. The summed E-state index contributed by atoms with van der Waals surface area (Å²) in [4.78, 5) is 30.2. The Kier molecular flexibility index (Phi) is 11.1. The third kappa shape index (κ3) is 7.05. The van der Waals surface area contributed by atoms with E-state index < -0.39 is 6.10 Å². The number of hydrogen-bond donors (Lipinski definition) is 2. The first kappa shape index (κ1) is 23.4. The van der Waals surface area contributed by atoms with Gasteiger partial charge in [-0.3, -0.25) is 14.6 Å². The maximum atomic E-state index is 12.5. The van der Waals surface area contributed by atoms with Crippen molar-refractivity contribution in [2.45, 2.75) is 25.9 Å². The smallest absolute Gasteiger partial charge is 0.263 e. The molecule has 9 heteroatoms. The number of aromatic nitrogens is 1. The van der Waals surface area contributed by atoms with Crippen LogP contribution in [-0.2, 0) is 9.59 Å². The minimum absolute atomic E-state index is 0. The molecule has 3 N–H and O–H groups in total. The first-order valence-electron chi connectivity index (χ1n) is 7.95. The number of carbonyl (C=O) groups is 2. The van der Waals surface area contributed by atoms with E-state index in [1.807, 2.05) is 0 Å². The molecule has 2 atom stereocenters. The van der Waals surface area contributed by atoms with E-state index in [1.54, 1.807) is 36.4 Å². The lowest BCUT2D eigenvalue weighted by Gasteiger charge is -2.33. The normalized spacial score (nSPS) is 17.5.